The van der Waals surface area contributed by atoms with Gasteiger partial charge in [0.1, 0.15) is 6.04 Å². The van der Waals surface area contributed by atoms with Gasteiger partial charge in [-0.25, -0.2) is 0 Å². The highest BCUT2D eigenvalue weighted by molar-refractivity contribution is 14.1. The highest BCUT2D eigenvalue weighted by Crippen LogP contribution is 2.31. The minimum atomic E-state index is -1.16. The van der Waals surface area contributed by atoms with Crippen molar-refractivity contribution in [2.45, 2.75) is 62.4 Å². The molecule has 2 heterocycles. The second-order valence-electron chi connectivity index (χ2n) is 7.19. The zero-order chi connectivity index (χ0) is 20.1. The first-order valence-electron chi connectivity index (χ1n) is 9.74. The van der Waals surface area contributed by atoms with Gasteiger partial charge in [-0.1, -0.05) is 47.9 Å². The topological polar surface area (TPSA) is 83.6 Å². The summed E-state index contributed by atoms with van der Waals surface area (Å²) in [6, 6.07) is 4.68. The van der Waals surface area contributed by atoms with Crippen LogP contribution in [0.5, 0.6) is 0 Å². The van der Waals surface area contributed by atoms with E-state index in [4.69, 9.17) is 0 Å². The third kappa shape index (κ3) is 4.82. The number of nitrogens with zero attached hydrogens (tertiary/aromatic N) is 1. The maximum Gasteiger partial charge on any atom is 0.255 e. The molecule has 3 amide bonds. The number of carbonyl (C=O) groups excluding carboxylic acids is 3. The fourth-order valence-corrected chi connectivity index (χ4v) is 5.64. The summed E-state index contributed by atoms with van der Waals surface area (Å²) in [5.74, 6) is -0.354. The molecule has 2 aliphatic rings. The first-order chi connectivity index (χ1) is 13.5. The molecule has 8 heteroatoms. The Balaban J connectivity index is 1.66. The summed E-state index contributed by atoms with van der Waals surface area (Å²) in [4.78, 5) is 38.6. The molecule has 6 nitrogen and oxygen atoms in total. The van der Waals surface area contributed by atoms with Gasteiger partial charge in [0.25, 0.3) is 5.91 Å². The van der Waals surface area contributed by atoms with Crippen LogP contribution in [0.3, 0.4) is 0 Å². The van der Waals surface area contributed by atoms with Crippen LogP contribution in [0.25, 0.3) is 0 Å². The minimum absolute atomic E-state index is 0.220. The third-order valence-electron chi connectivity index (χ3n) is 5.25. The molecule has 3 rings (SSSR count). The van der Waals surface area contributed by atoms with Crippen molar-refractivity contribution in [3.63, 3.8) is 0 Å². The molecule has 1 aromatic rings. The van der Waals surface area contributed by atoms with Gasteiger partial charge < -0.3 is 4.90 Å². The van der Waals surface area contributed by atoms with Crippen LogP contribution in [0.2, 0.25) is 0 Å². The first kappa shape index (κ1) is 21.4. The van der Waals surface area contributed by atoms with Gasteiger partial charge in [0.05, 0.1) is 10.8 Å². The summed E-state index contributed by atoms with van der Waals surface area (Å²) >= 11 is 2.38. The van der Waals surface area contributed by atoms with Crippen LogP contribution in [0.4, 0.5) is 0 Å². The van der Waals surface area contributed by atoms with Crippen molar-refractivity contribution in [1.82, 2.24) is 10.2 Å². The van der Waals surface area contributed by atoms with Crippen LogP contribution in [-0.2, 0) is 26.9 Å². The van der Waals surface area contributed by atoms with Crippen molar-refractivity contribution >= 4 is 51.1 Å². The Morgan fingerprint density at radius 2 is 1.86 bits per heavy atom. The highest BCUT2D eigenvalue weighted by atomic mass is 127. The average Bonchev–Trinajstić information content (AvgIpc) is 3.01. The van der Waals surface area contributed by atoms with Crippen molar-refractivity contribution < 1.29 is 18.6 Å². The number of carbonyl (C=O) groups is 3. The molecule has 1 aromatic carbocycles. The number of halogens is 1. The Kier molecular flexibility index (Phi) is 7.62. The number of fused-ring (bicyclic) bond motifs is 1. The van der Waals surface area contributed by atoms with Crippen molar-refractivity contribution in [3.05, 3.63) is 29.3 Å². The largest absolute Gasteiger partial charge is 0.322 e. The Hall–Kier alpha value is -1.29. The fourth-order valence-electron chi connectivity index (χ4n) is 3.74. The number of piperidine rings is 1. The second kappa shape index (κ2) is 9.96. The van der Waals surface area contributed by atoms with E-state index in [1.54, 1.807) is 12.1 Å². The van der Waals surface area contributed by atoms with Crippen LogP contribution < -0.4 is 5.32 Å². The van der Waals surface area contributed by atoms with E-state index < -0.39 is 22.7 Å². The monoisotopic (exact) mass is 516 g/mol. The lowest BCUT2D eigenvalue weighted by Crippen LogP contribution is -2.52. The van der Waals surface area contributed by atoms with Gasteiger partial charge in [0, 0.05) is 34.7 Å². The van der Waals surface area contributed by atoms with E-state index in [0.29, 0.717) is 22.6 Å². The maximum absolute atomic E-state index is 12.8. The van der Waals surface area contributed by atoms with E-state index in [1.165, 1.54) is 22.2 Å². The molecule has 1 saturated heterocycles. The maximum atomic E-state index is 12.8. The van der Waals surface area contributed by atoms with E-state index in [0.717, 1.165) is 24.8 Å². The third-order valence-corrected chi connectivity index (χ3v) is 7.54. The fraction of sp³-hybridized carbons (Fsp3) is 0.550. The summed E-state index contributed by atoms with van der Waals surface area (Å²) in [6.45, 7) is 0.276. The van der Waals surface area contributed by atoms with E-state index in [2.05, 4.69) is 27.9 Å². The second-order valence-corrected chi connectivity index (χ2v) is 9.81. The van der Waals surface area contributed by atoms with Gasteiger partial charge >= 0.3 is 0 Å². The van der Waals surface area contributed by atoms with Gasteiger partial charge in [0.2, 0.25) is 11.8 Å². The molecule has 0 aliphatic carbocycles. The normalized spacial score (nSPS) is 20.2. The van der Waals surface area contributed by atoms with Crippen LogP contribution in [0, 0.1) is 0 Å². The van der Waals surface area contributed by atoms with E-state index in [-0.39, 0.29) is 24.8 Å². The summed E-state index contributed by atoms with van der Waals surface area (Å²) in [5.41, 5.74) is 1.29. The number of imide groups is 1. The smallest absolute Gasteiger partial charge is 0.255 e. The predicted octanol–water partition coefficient (Wildman–Crippen LogP) is 2.94. The van der Waals surface area contributed by atoms with E-state index in [9.17, 15) is 18.6 Å². The number of unbranched alkanes of at least 4 members (excludes halogenated alkanes) is 4. The van der Waals surface area contributed by atoms with Crippen LogP contribution in [0.1, 0.15) is 60.9 Å². The Bertz CT molecular complexity index is 798. The number of rotatable bonds is 9. The van der Waals surface area contributed by atoms with Crippen LogP contribution >= 0.6 is 22.6 Å². The van der Waals surface area contributed by atoms with Gasteiger partial charge in [-0.15, -0.1) is 0 Å². The van der Waals surface area contributed by atoms with Crippen molar-refractivity contribution in [2.24, 2.45) is 0 Å². The molecule has 28 heavy (non-hydrogen) atoms. The standard InChI is InChI=1S/C20H25IN2O4S/c21-11-4-2-1-3-5-12-28(27)17-8-6-7-14-15(17)13-23(20(14)26)16-9-10-18(24)22-19(16)25/h6-8,16H,1-5,9-13H2,(H,22,24,25). The predicted molar refractivity (Wildman–Crippen MR) is 116 cm³/mol. The number of amides is 3. The van der Waals surface area contributed by atoms with Crippen molar-refractivity contribution in [2.75, 3.05) is 10.2 Å². The van der Waals surface area contributed by atoms with Gasteiger partial charge in [-0.05, 0) is 35.8 Å². The number of nitrogens with one attached hydrogen (secondary N) is 1. The first-order valence-corrected chi connectivity index (χ1v) is 12.6. The Morgan fingerprint density at radius 1 is 1.11 bits per heavy atom. The molecule has 1 fully saturated rings. The van der Waals surface area contributed by atoms with E-state index in [1.807, 2.05) is 6.07 Å². The molecule has 152 valence electrons. The van der Waals surface area contributed by atoms with Crippen LogP contribution in [0.15, 0.2) is 23.1 Å². The summed E-state index contributed by atoms with van der Waals surface area (Å²) in [5, 5.41) is 2.31. The van der Waals surface area contributed by atoms with Gasteiger partial charge in [-0.3, -0.25) is 23.9 Å². The molecule has 2 atom stereocenters. The molecule has 2 aliphatic heterocycles. The molecule has 2 unspecified atom stereocenters. The number of alkyl halides is 1. The molecule has 1 N–H and O–H groups in total. The lowest BCUT2D eigenvalue weighted by Gasteiger charge is -2.29. The van der Waals surface area contributed by atoms with E-state index >= 15 is 0 Å². The molecule has 0 spiro atoms. The average molecular weight is 516 g/mol. The molecular weight excluding hydrogens is 491 g/mol. The number of hydrogen-bond acceptors (Lipinski definition) is 4. The quantitative estimate of drug-likeness (QED) is 0.237. The Morgan fingerprint density at radius 3 is 2.61 bits per heavy atom. The Labute approximate surface area is 181 Å². The zero-order valence-electron chi connectivity index (χ0n) is 15.7. The van der Waals surface area contributed by atoms with Gasteiger partial charge in [-0.2, -0.15) is 0 Å². The molecule has 0 aromatic heterocycles. The van der Waals surface area contributed by atoms with Crippen molar-refractivity contribution in [1.29, 1.82) is 0 Å². The molecule has 0 saturated carbocycles. The molecule has 0 bridgehead atoms. The summed E-state index contributed by atoms with van der Waals surface area (Å²) in [6.07, 6.45) is 6.14. The van der Waals surface area contributed by atoms with Crippen molar-refractivity contribution in [3.8, 4) is 0 Å². The highest BCUT2D eigenvalue weighted by Gasteiger charge is 2.40. The van der Waals surface area contributed by atoms with Crippen LogP contribution in [-0.4, -0.2) is 43.1 Å². The number of hydrogen-bond donors (Lipinski definition) is 1. The summed E-state index contributed by atoms with van der Waals surface area (Å²) < 4.78 is 14.0. The number of benzene rings is 1. The zero-order valence-corrected chi connectivity index (χ0v) is 18.7. The molecular formula is C20H25IN2O4S. The molecule has 0 radical (unpaired) electrons. The summed E-state index contributed by atoms with van der Waals surface area (Å²) in [7, 11) is -1.16. The lowest BCUT2D eigenvalue weighted by atomic mass is 10.0. The minimum Gasteiger partial charge on any atom is -0.322 e. The van der Waals surface area contributed by atoms with Gasteiger partial charge in [0.15, 0.2) is 0 Å². The SMILES string of the molecule is O=C1CCC(N2Cc3c(cccc3S(=O)CCCCCCCI)C2=O)C(=O)N1. The lowest BCUT2D eigenvalue weighted by molar-refractivity contribution is -0.136.